The molecular weight excluding hydrogens is 190 g/mol. The van der Waals surface area contributed by atoms with Crippen LogP contribution in [0.2, 0.25) is 0 Å². The SMILES string of the molecule is Cc1ccccc1SCCC1CNC1. The molecule has 0 bridgehead atoms. The summed E-state index contributed by atoms with van der Waals surface area (Å²) in [5.41, 5.74) is 1.41. The number of thioether (sulfide) groups is 1. The first-order valence-electron chi connectivity index (χ1n) is 5.25. The third-order valence-electron chi connectivity index (χ3n) is 2.74. The minimum absolute atomic E-state index is 0.937. The minimum Gasteiger partial charge on any atom is -0.316 e. The van der Waals surface area contributed by atoms with E-state index in [2.05, 4.69) is 36.5 Å². The Kier molecular flexibility index (Phi) is 3.49. The van der Waals surface area contributed by atoms with Crippen LogP contribution in [-0.2, 0) is 0 Å². The van der Waals surface area contributed by atoms with Gasteiger partial charge in [0.1, 0.15) is 0 Å². The third kappa shape index (κ3) is 2.52. The van der Waals surface area contributed by atoms with E-state index in [0.717, 1.165) is 5.92 Å². The van der Waals surface area contributed by atoms with E-state index in [-0.39, 0.29) is 0 Å². The lowest BCUT2D eigenvalue weighted by molar-refractivity contribution is 0.341. The molecule has 0 aliphatic carbocycles. The molecule has 1 aromatic rings. The van der Waals surface area contributed by atoms with Crippen LogP contribution in [0.4, 0.5) is 0 Å². The Morgan fingerprint density at radius 2 is 2.14 bits per heavy atom. The van der Waals surface area contributed by atoms with Crippen LogP contribution in [0.1, 0.15) is 12.0 Å². The van der Waals surface area contributed by atoms with E-state index in [1.807, 2.05) is 11.8 Å². The Hall–Kier alpha value is -0.470. The Morgan fingerprint density at radius 3 is 2.79 bits per heavy atom. The normalized spacial score (nSPS) is 16.6. The fourth-order valence-electron chi connectivity index (χ4n) is 1.61. The van der Waals surface area contributed by atoms with Gasteiger partial charge in [-0.1, -0.05) is 18.2 Å². The molecule has 76 valence electrons. The minimum atomic E-state index is 0.937. The van der Waals surface area contributed by atoms with Crippen LogP contribution in [0.15, 0.2) is 29.2 Å². The lowest BCUT2D eigenvalue weighted by Crippen LogP contribution is -2.42. The van der Waals surface area contributed by atoms with E-state index in [0.29, 0.717) is 0 Å². The van der Waals surface area contributed by atoms with Crippen LogP contribution in [-0.4, -0.2) is 18.8 Å². The first-order valence-corrected chi connectivity index (χ1v) is 6.24. The van der Waals surface area contributed by atoms with E-state index in [1.165, 1.54) is 35.7 Å². The van der Waals surface area contributed by atoms with Crippen LogP contribution >= 0.6 is 11.8 Å². The molecule has 1 aliphatic rings. The zero-order chi connectivity index (χ0) is 9.80. The quantitative estimate of drug-likeness (QED) is 0.762. The molecule has 1 heterocycles. The molecule has 0 atom stereocenters. The summed E-state index contributed by atoms with van der Waals surface area (Å²) >= 11 is 2.00. The van der Waals surface area contributed by atoms with Gasteiger partial charge in [0.2, 0.25) is 0 Å². The van der Waals surface area contributed by atoms with Gasteiger partial charge in [-0.15, -0.1) is 11.8 Å². The van der Waals surface area contributed by atoms with Crippen molar-refractivity contribution in [1.29, 1.82) is 0 Å². The highest BCUT2D eigenvalue weighted by atomic mass is 32.2. The second-order valence-electron chi connectivity index (χ2n) is 3.93. The second kappa shape index (κ2) is 4.85. The Labute approximate surface area is 90.3 Å². The average Bonchev–Trinajstić information content (AvgIpc) is 2.12. The largest absolute Gasteiger partial charge is 0.316 e. The molecule has 0 spiro atoms. The van der Waals surface area contributed by atoms with Gasteiger partial charge in [0.05, 0.1) is 0 Å². The highest BCUT2D eigenvalue weighted by Gasteiger charge is 2.15. The lowest BCUT2D eigenvalue weighted by atomic mass is 10.0. The average molecular weight is 207 g/mol. The predicted octanol–water partition coefficient (Wildman–Crippen LogP) is 2.70. The first-order chi connectivity index (χ1) is 6.86. The maximum absolute atomic E-state index is 3.31. The van der Waals surface area contributed by atoms with Crippen molar-refractivity contribution in [2.75, 3.05) is 18.8 Å². The van der Waals surface area contributed by atoms with E-state index < -0.39 is 0 Å². The van der Waals surface area contributed by atoms with Crippen LogP contribution in [0.25, 0.3) is 0 Å². The lowest BCUT2D eigenvalue weighted by Gasteiger charge is -2.26. The van der Waals surface area contributed by atoms with Crippen LogP contribution < -0.4 is 5.32 Å². The van der Waals surface area contributed by atoms with Crippen molar-refractivity contribution in [3.05, 3.63) is 29.8 Å². The molecule has 1 saturated heterocycles. The summed E-state index contributed by atoms with van der Waals surface area (Å²) in [7, 11) is 0. The molecule has 1 aromatic carbocycles. The first kappa shape index (κ1) is 10.1. The summed E-state index contributed by atoms with van der Waals surface area (Å²) in [6, 6.07) is 8.64. The second-order valence-corrected chi connectivity index (χ2v) is 5.06. The van der Waals surface area contributed by atoms with Crippen molar-refractivity contribution in [2.45, 2.75) is 18.2 Å². The van der Waals surface area contributed by atoms with Gasteiger partial charge in [-0.2, -0.15) is 0 Å². The van der Waals surface area contributed by atoms with Crippen molar-refractivity contribution in [1.82, 2.24) is 5.32 Å². The monoisotopic (exact) mass is 207 g/mol. The van der Waals surface area contributed by atoms with E-state index in [4.69, 9.17) is 0 Å². The van der Waals surface area contributed by atoms with Crippen molar-refractivity contribution >= 4 is 11.8 Å². The Balaban J connectivity index is 1.76. The zero-order valence-corrected chi connectivity index (χ0v) is 9.44. The summed E-state index contributed by atoms with van der Waals surface area (Å²) in [6.45, 7) is 4.65. The molecule has 14 heavy (non-hydrogen) atoms. The van der Waals surface area contributed by atoms with Crippen molar-refractivity contribution in [3.8, 4) is 0 Å². The van der Waals surface area contributed by atoms with Gasteiger partial charge in [-0.25, -0.2) is 0 Å². The summed E-state index contributed by atoms with van der Waals surface area (Å²) in [5, 5.41) is 3.31. The van der Waals surface area contributed by atoms with Crippen molar-refractivity contribution in [2.24, 2.45) is 5.92 Å². The summed E-state index contributed by atoms with van der Waals surface area (Å²) in [5.74, 6) is 2.20. The van der Waals surface area contributed by atoms with Crippen LogP contribution in [0.3, 0.4) is 0 Å². The highest BCUT2D eigenvalue weighted by Crippen LogP contribution is 2.24. The summed E-state index contributed by atoms with van der Waals surface area (Å²) in [4.78, 5) is 1.44. The Bertz CT molecular complexity index is 294. The molecule has 1 N–H and O–H groups in total. The molecule has 2 rings (SSSR count). The standard InChI is InChI=1S/C12H17NS/c1-10-4-2-3-5-12(10)14-7-6-11-8-13-9-11/h2-5,11,13H,6-9H2,1H3. The molecular formula is C12H17NS. The van der Waals surface area contributed by atoms with Gasteiger partial charge in [-0.3, -0.25) is 0 Å². The molecule has 1 fully saturated rings. The molecule has 0 amide bonds. The van der Waals surface area contributed by atoms with Crippen molar-refractivity contribution in [3.63, 3.8) is 0 Å². The number of hydrogen-bond acceptors (Lipinski definition) is 2. The van der Waals surface area contributed by atoms with Gasteiger partial charge in [-0.05, 0) is 49.7 Å². The molecule has 0 saturated carbocycles. The molecule has 0 unspecified atom stereocenters. The van der Waals surface area contributed by atoms with Gasteiger partial charge in [0.25, 0.3) is 0 Å². The number of rotatable bonds is 4. The maximum atomic E-state index is 3.31. The van der Waals surface area contributed by atoms with Crippen LogP contribution in [0, 0.1) is 12.8 Å². The van der Waals surface area contributed by atoms with E-state index >= 15 is 0 Å². The Morgan fingerprint density at radius 1 is 1.36 bits per heavy atom. The highest BCUT2D eigenvalue weighted by molar-refractivity contribution is 7.99. The topological polar surface area (TPSA) is 12.0 Å². The van der Waals surface area contributed by atoms with E-state index in [1.54, 1.807) is 0 Å². The van der Waals surface area contributed by atoms with Gasteiger partial charge in [0, 0.05) is 4.90 Å². The number of benzene rings is 1. The molecule has 1 nitrogen and oxygen atoms in total. The fourth-order valence-corrected chi connectivity index (χ4v) is 2.75. The van der Waals surface area contributed by atoms with E-state index in [9.17, 15) is 0 Å². The summed E-state index contributed by atoms with van der Waals surface area (Å²) in [6.07, 6.45) is 1.35. The van der Waals surface area contributed by atoms with Gasteiger partial charge >= 0.3 is 0 Å². The third-order valence-corrected chi connectivity index (χ3v) is 3.95. The smallest absolute Gasteiger partial charge is 0.0101 e. The summed E-state index contributed by atoms with van der Waals surface area (Å²) < 4.78 is 0. The zero-order valence-electron chi connectivity index (χ0n) is 8.62. The van der Waals surface area contributed by atoms with Gasteiger partial charge in [0.15, 0.2) is 0 Å². The molecule has 0 radical (unpaired) electrons. The maximum Gasteiger partial charge on any atom is 0.0101 e. The number of aryl methyl sites for hydroxylation is 1. The predicted molar refractivity (Wildman–Crippen MR) is 62.9 cm³/mol. The van der Waals surface area contributed by atoms with Crippen LogP contribution in [0.5, 0.6) is 0 Å². The van der Waals surface area contributed by atoms with Crippen molar-refractivity contribution < 1.29 is 0 Å². The number of nitrogens with one attached hydrogen (secondary N) is 1. The van der Waals surface area contributed by atoms with Gasteiger partial charge < -0.3 is 5.32 Å². The molecule has 2 heteroatoms. The molecule has 1 aliphatic heterocycles. The fraction of sp³-hybridized carbons (Fsp3) is 0.500. The molecule has 0 aromatic heterocycles. The number of hydrogen-bond donors (Lipinski definition) is 1.